The third-order valence-electron chi connectivity index (χ3n) is 5.99. The van der Waals surface area contributed by atoms with Crippen molar-refractivity contribution in [1.82, 2.24) is 29.5 Å². The summed E-state index contributed by atoms with van der Waals surface area (Å²) in [5.41, 5.74) is 2.60. The first-order valence-electron chi connectivity index (χ1n) is 10.8. The van der Waals surface area contributed by atoms with Gasteiger partial charge in [0, 0.05) is 37.9 Å². The van der Waals surface area contributed by atoms with Crippen LogP contribution in [0.5, 0.6) is 0 Å². The Bertz CT molecular complexity index is 1230. The van der Waals surface area contributed by atoms with E-state index in [-0.39, 0.29) is 12.5 Å². The molecule has 2 aliphatic heterocycles. The predicted molar refractivity (Wildman–Crippen MR) is 119 cm³/mol. The van der Waals surface area contributed by atoms with E-state index in [0.717, 1.165) is 22.1 Å². The molecule has 2 aliphatic rings. The Hall–Kier alpha value is -4.08. The van der Waals surface area contributed by atoms with Crippen molar-refractivity contribution in [2.24, 2.45) is 0 Å². The van der Waals surface area contributed by atoms with Gasteiger partial charge in [-0.15, -0.1) is 0 Å². The first kappa shape index (κ1) is 20.8. The van der Waals surface area contributed by atoms with Gasteiger partial charge in [0.15, 0.2) is 5.82 Å². The Labute approximate surface area is 190 Å². The van der Waals surface area contributed by atoms with Crippen molar-refractivity contribution in [3.8, 4) is 5.82 Å². The molecular weight excluding hydrogens is 422 g/mol. The smallest absolute Gasteiger partial charge is 0.262 e. The summed E-state index contributed by atoms with van der Waals surface area (Å²) in [6, 6.07) is 10.5. The van der Waals surface area contributed by atoms with Crippen LogP contribution in [0.15, 0.2) is 42.7 Å². The molecule has 0 unspecified atom stereocenters. The number of aromatic nitrogens is 4. The fourth-order valence-electron chi connectivity index (χ4n) is 4.29. The SMILES string of the molecule is Cc1cc(C)n(-c2cc(N3CCN(C(=O)CN4C(=O)c5ccccc5C4=O)CC3)ncn2)n1. The van der Waals surface area contributed by atoms with Crippen LogP contribution in [0.25, 0.3) is 5.82 Å². The Morgan fingerprint density at radius 1 is 0.909 bits per heavy atom. The fraction of sp³-hybridized carbons (Fsp3) is 0.304. The third-order valence-corrected chi connectivity index (χ3v) is 5.99. The van der Waals surface area contributed by atoms with Gasteiger partial charge in [0.1, 0.15) is 18.7 Å². The monoisotopic (exact) mass is 445 g/mol. The largest absolute Gasteiger partial charge is 0.353 e. The highest BCUT2D eigenvalue weighted by molar-refractivity contribution is 6.22. The predicted octanol–water partition coefficient (Wildman–Crippen LogP) is 1.22. The van der Waals surface area contributed by atoms with Crippen molar-refractivity contribution in [2.75, 3.05) is 37.6 Å². The Kier molecular flexibility index (Phi) is 5.12. The van der Waals surface area contributed by atoms with E-state index in [1.165, 1.54) is 6.33 Å². The number of rotatable bonds is 4. The lowest BCUT2D eigenvalue weighted by atomic mass is 10.1. The van der Waals surface area contributed by atoms with Crippen LogP contribution in [-0.2, 0) is 4.79 Å². The lowest BCUT2D eigenvalue weighted by molar-refractivity contribution is -0.131. The van der Waals surface area contributed by atoms with E-state index in [9.17, 15) is 14.4 Å². The van der Waals surface area contributed by atoms with Crippen LogP contribution in [0.4, 0.5) is 5.82 Å². The molecule has 3 amide bonds. The van der Waals surface area contributed by atoms with Gasteiger partial charge in [-0.3, -0.25) is 19.3 Å². The van der Waals surface area contributed by atoms with Crippen molar-refractivity contribution < 1.29 is 14.4 Å². The molecule has 0 N–H and O–H groups in total. The number of carbonyl (C=O) groups is 3. The van der Waals surface area contributed by atoms with Gasteiger partial charge in [-0.2, -0.15) is 5.10 Å². The lowest BCUT2D eigenvalue weighted by Crippen LogP contribution is -2.52. The maximum Gasteiger partial charge on any atom is 0.262 e. The number of imide groups is 1. The molecule has 33 heavy (non-hydrogen) atoms. The number of amides is 3. The number of aryl methyl sites for hydroxylation is 2. The standard InChI is InChI=1S/C23H23N7O3/c1-15-11-16(2)30(26-15)20-12-19(24-14-25-20)27-7-9-28(10-8-27)21(31)13-29-22(32)17-5-3-4-6-18(17)23(29)33/h3-6,11-12,14H,7-10,13H2,1-2H3. The Morgan fingerprint density at radius 3 is 2.15 bits per heavy atom. The summed E-state index contributed by atoms with van der Waals surface area (Å²) in [4.78, 5) is 51.5. The molecule has 168 valence electrons. The number of piperazine rings is 1. The van der Waals surface area contributed by atoms with Crippen molar-refractivity contribution in [1.29, 1.82) is 0 Å². The number of carbonyl (C=O) groups excluding carboxylic acids is 3. The van der Waals surface area contributed by atoms with Crippen LogP contribution in [-0.4, -0.2) is 80.0 Å². The zero-order valence-corrected chi connectivity index (χ0v) is 18.4. The topological polar surface area (TPSA) is 105 Å². The van der Waals surface area contributed by atoms with Crippen LogP contribution in [0.2, 0.25) is 0 Å². The van der Waals surface area contributed by atoms with Gasteiger partial charge in [0.2, 0.25) is 5.91 Å². The van der Waals surface area contributed by atoms with E-state index in [2.05, 4.69) is 20.0 Å². The Morgan fingerprint density at radius 2 is 1.55 bits per heavy atom. The van der Waals surface area contributed by atoms with Crippen LogP contribution in [0.3, 0.4) is 0 Å². The zero-order chi connectivity index (χ0) is 23.1. The molecule has 0 atom stereocenters. The van der Waals surface area contributed by atoms with E-state index >= 15 is 0 Å². The molecule has 1 aromatic carbocycles. The van der Waals surface area contributed by atoms with Crippen LogP contribution in [0, 0.1) is 13.8 Å². The summed E-state index contributed by atoms with van der Waals surface area (Å²) in [5.74, 6) is 0.380. The molecule has 0 aliphatic carbocycles. The molecule has 0 radical (unpaired) electrons. The van der Waals surface area contributed by atoms with Gasteiger partial charge in [-0.05, 0) is 32.0 Å². The molecule has 2 aromatic heterocycles. The van der Waals surface area contributed by atoms with Crippen molar-refractivity contribution >= 4 is 23.5 Å². The summed E-state index contributed by atoms with van der Waals surface area (Å²) >= 11 is 0. The number of hydrogen-bond acceptors (Lipinski definition) is 7. The molecule has 5 rings (SSSR count). The summed E-state index contributed by atoms with van der Waals surface area (Å²) in [6.07, 6.45) is 1.51. The van der Waals surface area contributed by atoms with Crippen molar-refractivity contribution in [3.63, 3.8) is 0 Å². The lowest BCUT2D eigenvalue weighted by Gasteiger charge is -2.36. The van der Waals surface area contributed by atoms with Gasteiger partial charge in [0.25, 0.3) is 11.8 Å². The van der Waals surface area contributed by atoms with Crippen LogP contribution < -0.4 is 4.90 Å². The summed E-state index contributed by atoms with van der Waals surface area (Å²) < 4.78 is 1.78. The minimum Gasteiger partial charge on any atom is -0.353 e. The highest BCUT2D eigenvalue weighted by Crippen LogP contribution is 2.23. The first-order valence-corrected chi connectivity index (χ1v) is 10.8. The second-order valence-corrected chi connectivity index (χ2v) is 8.18. The van der Waals surface area contributed by atoms with E-state index in [4.69, 9.17) is 0 Å². The molecule has 10 nitrogen and oxygen atoms in total. The molecule has 0 bridgehead atoms. The molecule has 3 aromatic rings. The average molecular weight is 445 g/mol. The maximum atomic E-state index is 12.8. The van der Waals surface area contributed by atoms with E-state index in [1.807, 2.05) is 26.0 Å². The Balaban J connectivity index is 1.23. The van der Waals surface area contributed by atoms with Gasteiger partial charge < -0.3 is 9.80 Å². The molecule has 0 spiro atoms. The second-order valence-electron chi connectivity index (χ2n) is 8.18. The first-order chi connectivity index (χ1) is 15.9. The zero-order valence-electron chi connectivity index (χ0n) is 18.4. The fourth-order valence-corrected chi connectivity index (χ4v) is 4.29. The summed E-state index contributed by atoms with van der Waals surface area (Å²) in [5, 5.41) is 4.47. The third kappa shape index (κ3) is 3.73. The number of fused-ring (bicyclic) bond motifs is 1. The van der Waals surface area contributed by atoms with E-state index in [0.29, 0.717) is 43.1 Å². The van der Waals surface area contributed by atoms with Gasteiger partial charge in [-0.25, -0.2) is 14.6 Å². The highest BCUT2D eigenvalue weighted by Gasteiger charge is 2.37. The van der Waals surface area contributed by atoms with Crippen LogP contribution >= 0.6 is 0 Å². The number of hydrogen-bond donors (Lipinski definition) is 0. The molecule has 4 heterocycles. The second kappa shape index (κ2) is 8.12. The van der Waals surface area contributed by atoms with Crippen molar-refractivity contribution in [2.45, 2.75) is 13.8 Å². The van der Waals surface area contributed by atoms with E-state index in [1.54, 1.807) is 33.8 Å². The minimum atomic E-state index is -0.416. The number of anilines is 1. The van der Waals surface area contributed by atoms with Gasteiger partial charge in [0.05, 0.1) is 16.8 Å². The van der Waals surface area contributed by atoms with E-state index < -0.39 is 11.8 Å². The van der Waals surface area contributed by atoms with Gasteiger partial charge in [-0.1, -0.05) is 12.1 Å². The van der Waals surface area contributed by atoms with Crippen LogP contribution in [0.1, 0.15) is 32.1 Å². The molecular formula is C23H23N7O3. The highest BCUT2D eigenvalue weighted by atomic mass is 16.2. The quantitative estimate of drug-likeness (QED) is 0.556. The maximum absolute atomic E-state index is 12.8. The van der Waals surface area contributed by atoms with Crippen molar-refractivity contribution in [3.05, 3.63) is 65.2 Å². The van der Waals surface area contributed by atoms with Gasteiger partial charge >= 0.3 is 0 Å². The number of nitrogens with zero attached hydrogens (tertiary/aromatic N) is 7. The number of benzene rings is 1. The summed E-state index contributed by atoms with van der Waals surface area (Å²) in [6.45, 7) is 5.78. The minimum absolute atomic E-state index is 0.241. The molecule has 1 fully saturated rings. The molecule has 1 saturated heterocycles. The normalized spacial score (nSPS) is 15.9. The molecule has 0 saturated carbocycles. The molecule has 10 heteroatoms. The average Bonchev–Trinajstić information content (AvgIpc) is 3.30. The summed E-state index contributed by atoms with van der Waals surface area (Å²) in [7, 11) is 0.